The molecular formula is C19H38IN3O2. The number of nitrogens with zero attached hydrogens (tertiary/aromatic N) is 1. The molecule has 25 heavy (non-hydrogen) atoms. The number of guanidine groups is 1. The molecule has 2 fully saturated rings. The van der Waals surface area contributed by atoms with Gasteiger partial charge in [0.25, 0.3) is 0 Å². The molecule has 0 heterocycles. The van der Waals surface area contributed by atoms with E-state index < -0.39 is 6.10 Å². The predicted octanol–water partition coefficient (Wildman–Crippen LogP) is 3.31. The van der Waals surface area contributed by atoms with Crippen LogP contribution in [0.15, 0.2) is 4.99 Å². The molecule has 148 valence electrons. The van der Waals surface area contributed by atoms with Gasteiger partial charge < -0.3 is 20.5 Å². The number of aliphatic imine (C=N–C) groups is 1. The van der Waals surface area contributed by atoms with Crippen LogP contribution in [-0.2, 0) is 4.74 Å². The predicted molar refractivity (Wildman–Crippen MR) is 115 cm³/mol. The van der Waals surface area contributed by atoms with Crippen LogP contribution in [0.2, 0.25) is 0 Å². The quantitative estimate of drug-likeness (QED) is 0.262. The van der Waals surface area contributed by atoms with Gasteiger partial charge >= 0.3 is 0 Å². The van der Waals surface area contributed by atoms with Crippen molar-refractivity contribution in [1.29, 1.82) is 0 Å². The number of aliphatic hydroxyl groups is 1. The van der Waals surface area contributed by atoms with Crippen LogP contribution in [0.5, 0.6) is 0 Å². The van der Waals surface area contributed by atoms with E-state index in [2.05, 4.69) is 29.5 Å². The van der Waals surface area contributed by atoms with Gasteiger partial charge in [0, 0.05) is 19.2 Å². The van der Waals surface area contributed by atoms with E-state index in [9.17, 15) is 5.11 Å². The van der Waals surface area contributed by atoms with Crippen molar-refractivity contribution in [1.82, 2.24) is 10.6 Å². The Hall–Kier alpha value is -0.0800. The Labute approximate surface area is 170 Å². The first-order valence-electron chi connectivity index (χ1n) is 10.0. The Balaban J connectivity index is 0.00000312. The fourth-order valence-corrected chi connectivity index (χ4v) is 3.42. The molecule has 0 amide bonds. The first-order valence-corrected chi connectivity index (χ1v) is 10.0. The molecule has 3 N–H and O–H groups in total. The molecule has 0 aromatic rings. The molecule has 0 saturated heterocycles. The van der Waals surface area contributed by atoms with E-state index in [-0.39, 0.29) is 24.0 Å². The van der Waals surface area contributed by atoms with Crippen molar-refractivity contribution in [3.8, 4) is 0 Å². The maximum absolute atomic E-state index is 10.0. The number of ether oxygens (including phenoxy) is 1. The second-order valence-electron chi connectivity index (χ2n) is 7.50. The maximum atomic E-state index is 10.0. The molecular weight excluding hydrogens is 429 g/mol. The van der Waals surface area contributed by atoms with E-state index in [1.807, 2.05) is 0 Å². The van der Waals surface area contributed by atoms with Crippen molar-refractivity contribution < 1.29 is 9.84 Å². The molecule has 6 heteroatoms. The minimum Gasteiger partial charge on any atom is -0.389 e. The van der Waals surface area contributed by atoms with Crippen LogP contribution < -0.4 is 10.6 Å². The number of hydrogen-bond acceptors (Lipinski definition) is 3. The average molecular weight is 467 g/mol. The topological polar surface area (TPSA) is 65.9 Å². The molecule has 2 aliphatic carbocycles. The fraction of sp³-hybridized carbons (Fsp3) is 0.947. The van der Waals surface area contributed by atoms with Crippen molar-refractivity contribution in [2.45, 2.75) is 77.4 Å². The van der Waals surface area contributed by atoms with E-state index in [1.165, 1.54) is 51.4 Å². The van der Waals surface area contributed by atoms with Crippen molar-refractivity contribution in [3.63, 3.8) is 0 Å². The van der Waals surface area contributed by atoms with Crippen LogP contribution in [0.25, 0.3) is 0 Å². The van der Waals surface area contributed by atoms with Gasteiger partial charge in [0.15, 0.2) is 5.96 Å². The van der Waals surface area contributed by atoms with Crippen LogP contribution in [0.4, 0.5) is 0 Å². The van der Waals surface area contributed by atoms with Gasteiger partial charge in [-0.3, -0.25) is 4.99 Å². The van der Waals surface area contributed by atoms with Crippen LogP contribution >= 0.6 is 24.0 Å². The molecule has 0 spiro atoms. The summed E-state index contributed by atoms with van der Waals surface area (Å²) >= 11 is 0. The number of hydrogen-bond donors (Lipinski definition) is 3. The minimum atomic E-state index is -0.514. The van der Waals surface area contributed by atoms with Crippen LogP contribution in [0.3, 0.4) is 0 Å². The number of rotatable bonds is 10. The van der Waals surface area contributed by atoms with Gasteiger partial charge in [0.1, 0.15) is 0 Å². The zero-order chi connectivity index (χ0) is 17.2. The molecule has 2 rings (SSSR count). The average Bonchev–Trinajstić information content (AvgIpc) is 3.39. The van der Waals surface area contributed by atoms with Gasteiger partial charge in [-0.15, -0.1) is 24.0 Å². The Kier molecular flexibility index (Phi) is 12.1. The van der Waals surface area contributed by atoms with Crippen LogP contribution in [-0.4, -0.2) is 49.5 Å². The molecule has 2 aliphatic rings. The monoisotopic (exact) mass is 467 g/mol. The molecule has 1 atom stereocenters. The lowest BCUT2D eigenvalue weighted by molar-refractivity contribution is 0.0368. The van der Waals surface area contributed by atoms with Gasteiger partial charge in [0.2, 0.25) is 0 Å². The summed E-state index contributed by atoms with van der Waals surface area (Å²) in [6.45, 7) is 6.77. The molecule has 0 aliphatic heterocycles. The lowest BCUT2D eigenvalue weighted by atomic mass is 9.83. The first-order chi connectivity index (χ1) is 11.7. The van der Waals surface area contributed by atoms with E-state index in [0.717, 1.165) is 30.9 Å². The summed E-state index contributed by atoms with van der Waals surface area (Å²) in [5.74, 6) is 2.48. The molecule has 1 unspecified atom stereocenters. The van der Waals surface area contributed by atoms with Crippen molar-refractivity contribution in [3.05, 3.63) is 0 Å². The molecule has 0 bridgehead atoms. The molecule has 0 aromatic carbocycles. The standard InChI is InChI=1S/C19H37N3O2.HI/c1-3-5-15-8-10-17(11-9-15)22-19(20-4-2)21-12-18(23)14-24-13-16-6-7-16;/h15-18,23H,3-14H2,1-2H3,(H2,20,21,22);1H. The zero-order valence-corrected chi connectivity index (χ0v) is 18.3. The highest BCUT2D eigenvalue weighted by molar-refractivity contribution is 14.0. The Morgan fingerprint density at radius 2 is 1.80 bits per heavy atom. The largest absolute Gasteiger partial charge is 0.389 e. The second-order valence-corrected chi connectivity index (χ2v) is 7.50. The lowest BCUT2D eigenvalue weighted by Crippen LogP contribution is -2.45. The number of halogens is 1. The Morgan fingerprint density at radius 3 is 2.40 bits per heavy atom. The zero-order valence-electron chi connectivity index (χ0n) is 16.0. The highest BCUT2D eigenvalue weighted by Gasteiger charge is 2.22. The van der Waals surface area contributed by atoms with E-state index in [0.29, 0.717) is 19.2 Å². The first kappa shape index (κ1) is 23.0. The number of nitrogens with one attached hydrogen (secondary N) is 2. The molecule has 5 nitrogen and oxygen atoms in total. The highest BCUT2D eigenvalue weighted by Crippen LogP contribution is 2.29. The molecule has 0 aromatic heterocycles. The Morgan fingerprint density at radius 1 is 1.12 bits per heavy atom. The maximum Gasteiger partial charge on any atom is 0.191 e. The fourth-order valence-electron chi connectivity index (χ4n) is 3.42. The van der Waals surface area contributed by atoms with Crippen LogP contribution in [0.1, 0.15) is 65.2 Å². The van der Waals surface area contributed by atoms with Gasteiger partial charge in [-0.1, -0.05) is 19.8 Å². The number of aliphatic hydroxyl groups excluding tert-OH is 1. The van der Waals surface area contributed by atoms with Gasteiger partial charge in [-0.25, -0.2) is 0 Å². The van der Waals surface area contributed by atoms with Crippen LogP contribution in [0, 0.1) is 11.8 Å². The van der Waals surface area contributed by atoms with E-state index in [4.69, 9.17) is 4.74 Å². The normalized spacial score (nSPS) is 25.2. The highest BCUT2D eigenvalue weighted by atomic mass is 127. The summed E-state index contributed by atoms with van der Waals surface area (Å²) < 4.78 is 5.54. The lowest BCUT2D eigenvalue weighted by Gasteiger charge is -2.30. The van der Waals surface area contributed by atoms with Gasteiger partial charge in [-0.05, 0) is 57.3 Å². The molecule has 0 radical (unpaired) electrons. The Bertz CT molecular complexity index is 370. The summed E-state index contributed by atoms with van der Waals surface area (Å²) in [4.78, 5) is 4.54. The third kappa shape index (κ3) is 9.99. The van der Waals surface area contributed by atoms with Gasteiger partial charge in [0.05, 0.1) is 19.3 Å². The van der Waals surface area contributed by atoms with E-state index >= 15 is 0 Å². The van der Waals surface area contributed by atoms with Gasteiger partial charge in [-0.2, -0.15) is 0 Å². The second kappa shape index (κ2) is 13.1. The third-order valence-corrected chi connectivity index (χ3v) is 5.05. The summed E-state index contributed by atoms with van der Waals surface area (Å²) in [5, 5.41) is 16.9. The summed E-state index contributed by atoms with van der Waals surface area (Å²) in [6.07, 6.45) is 9.81. The minimum absolute atomic E-state index is 0. The van der Waals surface area contributed by atoms with Crippen molar-refractivity contribution in [2.75, 3.05) is 26.3 Å². The summed E-state index contributed by atoms with van der Waals surface area (Å²) in [5.41, 5.74) is 0. The summed E-state index contributed by atoms with van der Waals surface area (Å²) in [7, 11) is 0. The SMILES string of the molecule is CCCC1CCC(NC(=NCC(O)COCC2CC2)NCC)CC1.I. The van der Waals surface area contributed by atoms with Crippen molar-refractivity contribution >= 4 is 29.9 Å². The van der Waals surface area contributed by atoms with Crippen molar-refractivity contribution in [2.24, 2.45) is 16.8 Å². The van der Waals surface area contributed by atoms with E-state index in [1.54, 1.807) is 0 Å². The molecule has 2 saturated carbocycles. The third-order valence-electron chi connectivity index (χ3n) is 5.05. The summed E-state index contributed by atoms with van der Waals surface area (Å²) in [6, 6.07) is 0.513. The smallest absolute Gasteiger partial charge is 0.191 e.